The maximum Gasteiger partial charge on any atom is 0.271 e. The number of carbonyl (C=O) groups excluding carboxylic acids is 2. The van der Waals surface area contributed by atoms with E-state index in [1.54, 1.807) is 13.1 Å². The number of hydrogen-bond donors (Lipinski definition) is 3. The first kappa shape index (κ1) is 18.6. The van der Waals surface area contributed by atoms with Crippen molar-refractivity contribution in [1.82, 2.24) is 15.4 Å². The predicted molar refractivity (Wildman–Crippen MR) is 100 cm³/mol. The maximum atomic E-state index is 12.4. The monoisotopic (exact) mass is 386 g/mol. The van der Waals surface area contributed by atoms with Crippen LogP contribution in [-0.2, 0) is 17.1 Å². The number of aromatic nitrogens is 1. The van der Waals surface area contributed by atoms with E-state index in [0.29, 0.717) is 11.1 Å². The Bertz CT molecular complexity index is 1170. The van der Waals surface area contributed by atoms with Crippen molar-refractivity contribution in [2.75, 3.05) is 0 Å². The highest BCUT2D eigenvalue weighted by atomic mass is 32.2. The molecule has 0 aliphatic carbocycles. The van der Waals surface area contributed by atoms with Crippen molar-refractivity contribution in [3.63, 3.8) is 0 Å². The number of rotatable bonds is 3. The average molecular weight is 386 g/mol. The lowest BCUT2D eigenvalue weighted by atomic mass is 10.1. The number of nitrogens with one attached hydrogen (secondary N) is 2. The van der Waals surface area contributed by atoms with Gasteiger partial charge in [-0.1, -0.05) is 24.3 Å². The van der Waals surface area contributed by atoms with Crippen LogP contribution in [0.5, 0.6) is 0 Å². The summed E-state index contributed by atoms with van der Waals surface area (Å²) in [5, 5.41) is 5.90. The molecular formula is C18H18N4O4S. The summed E-state index contributed by atoms with van der Waals surface area (Å²) in [5.74, 6) is -1.15. The van der Waals surface area contributed by atoms with Crippen molar-refractivity contribution >= 4 is 32.7 Å². The van der Waals surface area contributed by atoms with Crippen LogP contribution in [-0.4, -0.2) is 24.8 Å². The lowest BCUT2D eigenvalue weighted by molar-refractivity contribution is 0.0847. The van der Waals surface area contributed by atoms with Crippen LogP contribution in [0.4, 0.5) is 0 Å². The first-order chi connectivity index (χ1) is 12.7. The minimum atomic E-state index is -3.96. The number of hydrazine groups is 1. The van der Waals surface area contributed by atoms with Gasteiger partial charge in [0.1, 0.15) is 0 Å². The molecule has 0 aliphatic heterocycles. The zero-order chi connectivity index (χ0) is 19.8. The van der Waals surface area contributed by atoms with Gasteiger partial charge in [-0.2, -0.15) is 0 Å². The fraction of sp³-hybridized carbons (Fsp3) is 0.111. The topological polar surface area (TPSA) is 123 Å². The molecule has 1 aromatic heterocycles. The van der Waals surface area contributed by atoms with Crippen LogP contribution >= 0.6 is 0 Å². The molecule has 0 unspecified atom stereocenters. The lowest BCUT2D eigenvalue weighted by Gasteiger charge is -2.09. The molecule has 2 aromatic carbocycles. The zero-order valence-corrected chi connectivity index (χ0v) is 15.5. The third-order valence-electron chi connectivity index (χ3n) is 4.19. The van der Waals surface area contributed by atoms with Gasteiger partial charge in [0.05, 0.1) is 10.5 Å². The molecule has 1 heterocycles. The number of fused-ring (bicyclic) bond motifs is 1. The van der Waals surface area contributed by atoms with Gasteiger partial charge in [0.2, 0.25) is 10.0 Å². The summed E-state index contributed by atoms with van der Waals surface area (Å²) in [7, 11) is -2.14. The molecule has 0 saturated carbocycles. The quantitative estimate of drug-likeness (QED) is 0.585. The third-order valence-corrected chi connectivity index (χ3v) is 5.24. The number of hydrogen-bond acceptors (Lipinski definition) is 4. The molecule has 3 rings (SSSR count). The first-order valence-electron chi connectivity index (χ1n) is 7.96. The largest absolute Gasteiger partial charge is 0.350 e. The molecule has 8 nitrogen and oxygen atoms in total. The fourth-order valence-electron chi connectivity index (χ4n) is 2.82. The molecule has 3 aromatic rings. The first-order valence-corrected chi connectivity index (χ1v) is 9.51. The lowest BCUT2D eigenvalue weighted by Crippen LogP contribution is -2.41. The summed E-state index contributed by atoms with van der Waals surface area (Å²) in [6.07, 6.45) is 1.66. The van der Waals surface area contributed by atoms with Crippen molar-refractivity contribution in [2.45, 2.75) is 11.8 Å². The summed E-state index contributed by atoms with van der Waals surface area (Å²) < 4.78 is 25.0. The van der Waals surface area contributed by atoms with Gasteiger partial charge >= 0.3 is 0 Å². The van der Waals surface area contributed by atoms with Crippen molar-refractivity contribution in [3.05, 3.63) is 65.4 Å². The molecule has 0 spiro atoms. The molecule has 27 heavy (non-hydrogen) atoms. The summed E-state index contributed by atoms with van der Waals surface area (Å²) in [5.41, 5.74) is 6.40. The van der Waals surface area contributed by atoms with Gasteiger partial charge < -0.3 is 4.57 Å². The Morgan fingerprint density at radius 2 is 1.70 bits per heavy atom. The highest BCUT2D eigenvalue weighted by Crippen LogP contribution is 2.20. The Morgan fingerprint density at radius 1 is 1.04 bits per heavy atom. The Hall–Kier alpha value is -3.17. The van der Waals surface area contributed by atoms with E-state index in [9.17, 15) is 18.0 Å². The normalized spacial score (nSPS) is 11.4. The van der Waals surface area contributed by atoms with Gasteiger partial charge in [-0.05, 0) is 30.7 Å². The van der Waals surface area contributed by atoms with Crippen LogP contribution in [0.2, 0.25) is 0 Å². The highest BCUT2D eigenvalue weighted by molar-refractivity contribution is 7.89. The summed E-state index contributed by atoms with van der Waals surface area (Å²) >= 11 is 0. The van der Waals surface area contributed by atoms with Gasteiger partial charge in [-0.15, -0.1) is 0 Å². The van der Waals surface area contributed by atoms with E-state index >= 15 is 0 Å². The van der Waals surface area contributed by atoms with E-state index in [-0.39, 0.29) is 10.5 Å². The molecule has 4 N–H and O–H groups in total. The fourth-order valence-corrected chi connectivity index (χ4v) is 3.63. The van der Waals surface area contributed by atoms with Crippen molar-refractivity contribution < 1.29 is 18.0 Å². The van der Waals surface area contributed by atoms with E-state index < -0.39 is 21.8 Å². The van der Waals surface area contributed by atoms with E-state index in [4.69, 9.17) is 5.14 Å². The van der Waals surface area contributed by atoms with Gasteiger partial charge in [0.15, 0.2) is 0 Å². The van der Waals surface area contributed by atoms with Gasteiger partial charge in [0, 0.05) is 29.7 Å². The van der Waals surface area contributed by atoms with E-state index in [1.807, 2.05) is 35.9 Å². The van der Waals surface area contributed by atoms with Crippen molar-refractivity contribution in [3.8, 4) is 0 Å². The van der Waals surface area contributed by atoms with Crippen molar-refractivity contribution in [1.29, 1.82) is 0 Å². The Balaban J connectivity index is 1.79. The Labute approximate surface area is 156 Å². The second-order valence-corrected chi connectivity index (χ2v) is 7.63. The van der Waals surface area contributed by atoms with E-state index in [2.05, 4.69) is 10.9 Å². The molecule has 9 heteroatoms. The number of para-hydroxylation sites is 1. The number of aryl methyl sites for hydroxylation is 2. The molecule has 0 radical (unpaired) electrons. The second-order valence-electron chi connectivity index (χ2n) is 6.10. The summed E-state index contributed by atoms with van der Waals surface area (Å²) in [6.45, 7) is 1.57. The maximum absolute atomic E-state index is 12.4. The second kappa shape index (κ2) is 6.86. The Kier molecular flexibility index (Phi) is 4.73. The molecule has 0 fully saturated rings. The number of benzene rings is 2. The van der Waals surface area contributed by atoms with E-state index in [0.717, 1.165) is 10.9 Å². The zero-order valence-electron chi connectivity index (χ0n) is 14.7. The molecule has 0 bridgehead atoms. The molecule has 0 saturated heterocycles. The minimum absolute atomic E-state index is 0.0582. The number of nitrogens with zero attached hydrogens (tertiary/aromatic N) is 1. The molecule has 140 valence electrons. The SMILES string of the molecule is Cc1ccc(C(=O)NNC(=O)c2cn(C)c3ccccc23)cc1S(N)(=O)=O. The number of nitrogens with two attached hydrogens (primary N) is 1. The van der Waals surface area contributed by atoms with Gasteiger partial charge in [-0.3, -0.25) is 20.4 Å². The van der Waals surface area contributed by atoms with Crippen LogP contribution in [0, 0.1) is 6.92 Å². The van der Waals surface area contributed by atoms with Gasteiger partial charge in [0.25, 0.3) is 11.8 Å². The van der Waals surface area contributed by atoms with Crippen LogP contribution in [0.25, 0.3) is 10.9 Å². The van der Waals surface area contributed by atoms with Crippen LogP contribution in [0.15, 0.2) is 53.6 Å². The summed E-state index contributed by atoms with van der Waals surface area (Å²) in [6, 6.07) is 11.5. The van der Waals surface area contributed by atoms with Crippen LogP contribution < -0.4 is 16.0 Å². The number of carbonyl (C=O) groups is 2. The molecule has 0 atom stereocenters. The predicted octanol–water partition coefficient (Wildman–Crippen LogP) is 1.21. The average Bonchev–Trinajstić information content (AvgIpc) is 2.96. The molecule has 0 aliphatic rings. The smallest absolute Gasteiger partial charge is 0.271 e. The third kappa shape index (κ3) is 3.69. The molecule has 2 amide bonds. The number of amides is 2. The van der Waals surface area contributed by atoms with Gasteiger partial charge in [-0.25, -0.2) is 13.6 Å². The minimum Gasteiger partial charge on any atom is -0.350 e. The van der Waals surface area contributed by atoms with Crippen molar-refractivity contribution in [2.24, 2.45) is 12.2 Å². The number of sulfonamides is 1. The summed E-state index contributed by atoms with van der Waals surface area (Å²) in [4.78, 5) is 24.6. The van der Waals surface area contributed by atoms with E-state index in [1.165, 1.54) is 18.2 Å². The van der Waals surface area contributed by atoms with Crippen LogP contribution in [0.1, 0.15) is 26.3 Å². The molecular weight excluding hydrogens is 368 g/mol. The Morgan fingerprint density at radius 3 is 2.41 bits per heavy atom. The highest BCUT2D eigenvalue weighted by Gasteiger charge is 2.17. The van der Waals surface area contributed by atoms with Crippen LogP contribution in [0.3, 0.4) is 0 Å². The number of primary sulfonamides is 1. The standard InChI is InChI=1S/C18H18N4O4S/c1-11-7-8-12(9-16(11)27(19,25)26)17(23)20-21-18(24)14-10-22(2)15-6-4-3-5-13(14)15/h3-10H,1-2H3,(H,20,23)(H,21,24)(H2,19,25,26).